The number of hydrogen-bond acceptors (Lipinski definition) is 5. The Kier molecular flexibility index (Phi) is 5.68. The Labute approximate surface area is 148 Å². The van der Waals surface area contributed by atoms with Crippen molar-refractivity contribution in [2.45, 2.75) is 24.5 Å². The molecule has 1 aliphatic rings. The molecule has 1 aliphatic carbocycles. The molecule has 0 radical (unpaired) electrons. The molecule has 2 N–H and O–H groups in total. The summed E-state index contributed by atoms with van der Waals surface area (Å²) in [4.78, 5) is 18.1. The van der Waals surface area contributed by atoms with E-state index in [1.807, 2.05) is 0 Å². The molecule has 2 rings (SSSR count). The van der Waals surface area contributed by atoms with Gasteiger partial charge < -0.3 is 6.53 Å². The largest absolute Gasteiger partial charge is 1.00 e. The van der Waals surface area contributed by atoms with Crippen molar-refractivity contribution < 1.29 is 71.1 Å². The van der Waals surface area contributed by atoms with Crippen molar-refractivity contribution in [1.29, 1.82) is 0 Å². The first-order chi connectivity index (χ1) is 7.97. The quantitative estimate of drug-likeness (QED) is 0.565. The van der Waals surface area contributed by atoms with E-state index in [2.05, 4.69) is 14.7 Å². The van der Waals surface area contributed by atoms with Crippen LogP contribution in [0.3, 0.4) is 0 Å². The maximum Gasteiger partial charge on any atom is 1.00 e. The standard InChI is InChI=1S/C9H11N3O4S.K.H/c13-8(14)5-6-3-4-10-9(11-6)12-17(15,16)7-1-2-7;;/h3-4,7H,1-2,5H2,(H,13,14)(H,10,11,12);;/q;+1;-1. The summed E-state index contributed by atoms with van der Waals surface area (Å²) in [5.74, 6) is -1.10. The van der Waals surface area contributed by atoms with Gasteiger partial charge in [0.25, 0.3) is 0 Å². The van der Waals surface area contributed by atoms with Crippen LogP contribution in [0.1, 0.15) is 20.0 Å². The van der Waals surface area contributed by atoms with Crippen LogP contribution >= 0.6 is 0 Å². The van der Waals surface area contributed by atoms with E-state index in [0.717, 1.165) is 0 Å². The van der Waals surface area contributed by atoms with Crippen molar-refractivity contribution in [3.05, 3.63) is 18.0 Å². The van der Waals surface area contributed by atoms with Crippen molar-refractivity contribution in [2.24, 2.45) is 0 Å². The summed E-state index contributed by atoms with van der Waals surface area (Å²) in [6.45, 7) is 0. The normalized spacial score (nSPS) is 14.7. The molecular weight excluding hydrogens is 285 g/mol. The summed E-state index contributed by atoms with van der Waals surface area (Å²) in [5.41, 5.74) is 0.265. The van der Waals surface area contributed by atoms with E-state index in [1.165, 1.54) is 12.3 Å². The number of carbonyl (C=O) groups is 1. The topological polar surface area (TPSA) is 109 Å². The first-order valence-electron chi connectivity index (χ1n) is 5.03. The van der Waals surface area contributed by atoms with Gasteiger partial charge in [-0.25, -0.2) is 18.4 Å². The van der Waals surface area contributed by atoms with Crippen LogP contribution in [-0.4, -0.2) is 34.7 Å². The first-order valence-corrected chi connectivity index (χ1v) is 6.57. The van der Waals surface area contributed by atoms with Gasteiger partial charge in [0.2, 0.25) is 16.0 Å². The molecule has 1 aromatic heterocycles. The number of nitrogens with one attached hydrogen (secondary N) is 1. The molecule has 9 heteroatoms. The second-order valence-corrected chi connectivity index (χ2v) is 5.75. The number of nitrogens with zero attached hydrogens (tertiary/aromatic N) is 2. The molecule has 0 amide bonds. The molecule has 0 aliphatic heterocycles. The predicted molar refractivity (Wildman–Crippen MR) is 60.0 cm³/mol. The molecule has 0 aromatic carbocycles. The Morgan fingerprint density at radius 1 is 1.56 bits per heavy atom. The number of aliphatic carboxylic acids is 1. The SMILES string of the molecule is O=C(O)Cc1ccnc(NS(=O)(=O)C2CC2)n1.[H-].[K+]. The second-order valence-electron chi connectivity index (χ2n) is 3.79. The van der Waals surface area contributed by atoms with Crippen LogP contribution in [-0.2, 0) is 21.2 Å². The fourth-order valence-electron chi connectivity index (χ4n) is 1.29. The Hall–Kier alpha value is -0.0636. The number of carboxylic acid groups (broad SMARTS) is 1. The van der Waals surface area contributed by atoms with E-state index in [9.17, 15) is 13.2 Å². The summed E-state index contributed by atoms with van der Waals surface area (Å²) in [7, 11) is -3.41. The first kappa shape index (κ1) is 16.0. The summed E-state index contributed by atoms with van der Waals surface area (Å²) in [6, 6.07) is 1.43. The van der Waals surface area contributed by atoms with Crippen LogP contribution < -0.4 is 56.1 Å². The molecule has 1 fully saturated rings. The number of hydrogen-bond donors (Lipinski definition) is 2. The molecule has 1 aromatic rings. The minimum absolute atomic E-state index is 0. The molecule has 1 heterocycles. The Bertz CT molecular complexity index is 550. The summed E-state index contributed by atoms with van der Waals surface area (Å²) in [5, 5.41) is 8.22. The monoisotopic (exact) mass is 297 g/mol. The van der Waals surface area contributed by atoms with E-state index in [0.29, 0.717) is 12.8 Å². The summed E-state index contributed by atoms with van der Waals surface area (Å²) >= 11 is 0. The van der Waals surface area contributed by atoms with Crippen LogP contribution in [0.25, 0.3) is 0 Å². The smallest absolute Gasteiger partial charge is 1.00 e. The van der Waals surface area contributed by atoms with Gasteiger partial charge in [-0.15, -0.1) is 0 Å². The van der Waals surface area contributed by atoms with Crippen molar-refractivity contribution in [3.63, 3.8) is 0 Å². The maximum absolute atomic E-state index is 11.6. The van der Waals surface area contributed by atoms with E-state index in [-0.39, 0.29) is 76.1 Å². The molecule has 0 atom stereocenters. The zero-order valence-electron chi connectivity index (χ0n) is 10.8. The number of aromatic nitrogens is 2. The van der Waals surface area contributed by atoms with Gasteiger partial charge in [0, 0.05) is 6.20 Å². The predicted octanol–water partition coefficient (Wildman–Crippen LogP) is -2.88. The van der Waals surface area contributed by atoms with Crippen LogP contribution in [0.5, 0.6) is 0 Å². The van der Waals surface area contributed by atoms with Crippen LogP contribution in [0.4, 0.5) is 5.95 Å². The zero-order valence-corrected chi connectivity index (χ0v) is 13.8. The molecule has 0 spiro atoms. The number of anilines is 1. The van der Waals surface area contributed by atoms with Gasteiger partial charge in [-0.2, -0.15) is 0 Å². The van der Waals surface area contributed by atoms with Crippen LogP contribution in [0.15, 0.2) is 12.3 Å². The molecule has 1 saturated carbocycles. The van der Waals surface area contributed by atoms with Gasteiger partial charge in [-0.05, 0) is 18.9 Å². The fraction of sp³-hybridized carbons (Fsp3) is 0.444. The minimum atomic E-state index is -3.41. The van der Waals surface area contributed by atoms with Crippen LogP contribution in [0.2, 0.25) is 0 Å². The minimum Gasteiger partial charge on any atom is -1.00 e. The third-order valence-electron chi connectivity index (χ3n) is 2.24. The van der Waals surface area contributed by atoms with Gasteiger partial charge in [-0.3, -0.25) is 9.52 Å². The maximum atomic E-state index is 11.6. The molecule has 0 bridgehead atoms. The van der Waals surface area contributed by atoms with Crippen molar-refractivity contribution in [2.75, 3.05) is 4.72 Å². The molecule has 18 heavy (non-hydrogen) atoms. The average molecular weight is 297 g/mol. The van der Waals surface area contributed by atoms with Gasteiger partial charge in [0.05, 0.1) is 17.4 Å². The molecule has 0 saturated heterocycles. The number of sulfonamides is 1. The van der Waals surface area contributed by atoms with Crippen molar-refractivity contribution in [1.82, 2.24) is 9.97 Å². The van der Waals surface area contributed by atoms with Crippen LogP contribution in [0, 0.1) is 0 Å². The van der Waals surface area contributed by atoms with Gasteiger partial charge in [0.1, 0.15) is 0 Å². The van der Waals surface area contributed by atoms with Gasteiger partial charge >= 0.3 is 57.4 Å². The van der Waals surface area contributed by atoms with E-state index < -0.39 is 16.0 Å². The third kappa shape index (κ3) is 4.56. The number of rotatable bonds is 5. The molecule has 7 nitrogen and oxygen atoms in total. The Balaban J connectivity index is 0.00000162. The van der Waals surface area contributed by atoms with E-state index in [1.54, 1.807) is 0 Å². The van der Waals surface area contributed by atoms with Gasteiger partial charge in [-0.1, -0.05) is 0 Å². The van der Waals surface area contributed by atoms with Crippen molar-refractivity contribution >= 4 is 21.9 Å². The van der Waals surface area contributed by atoms with E-state index in [4.69, 9.17) is 5.11 Å². The summed E-state index contributed by atoms with van der Waals surface area (Å²) < 4.78 is 25.4. The number of carboxylic acids is 1. The molecule has 94 valence electrons. The average Bonchev–Trinajstić information content (AvgIpc) is 2.98. The second kappa shape index (κ2) is 6.39. The molecular formula is C9H12KN3O4S. The third-order valence-corrected chi connectivity index (χ3v) is 4.06. The van der Waals surface area contributed by atoms with Gasteiger partial charge in [0.15, 0.2) is 0 Å². The van der Waals surface area contributed by atoms with E-state index >= 15 is 0 Å². The Morgan fingerprint density at radius 2 is 2.22 bits per heavy atom. The molecule has 0 unspecified atom stereocenters. The summed E-state index contributed by atoms with van der Waals surface area (Å²) in [6.07, 6.45) is 2.35. The van der Waals surface area contributed by atoms with Crippen molar-refractivity contribution in [3.8, 4) is 0 Å². The zero-order chi connectivity index (χ0) is 12.5. The fourth-order valence-corrected chi connectivity index (χ4v) is 2.56. The Morgan fingerprint density at radius 3 is 2.78 bits per heavy atom.